The molecule has 19 heavy (non-hydrogen) atoms. The summed E-state index contributed by atoms with van der Waals surface area (Å²) >= 11 is 0. The maximum atomic E-state index is 11.8. The zero-order chi connectivity index (χ0) is 14.3. The van der Waals surface area contributed by atoms with Crippen LogP contribution >= 0.6 is 0 Å². The second-order valence-electron chi connectivity index (χ2n) is 5.25. The Hall–Kier alpha value is -1.35. The molecule has 0 spiro atoms. The van der Waals surface area contributed by atoms with Gasteiger partial charge in [-0.3, -0.25) is 0 Å². The van der Waals surface area contributed by atoms with Crippen molar-refractivity contribution in [2.75, 3.05) is 13.7 Å². The lowest BCUT2D eigenvalue weighted by atomic mass is 9.99. The van der Waals surface area contributed by atoms with E-state index in [4.69, 9.17) is 4.74 Å². The molecule has 0 fully saturated rings. The van der Waals surface area contributed by atoms with Crippen LogP contribution in [0.3, 0.4) is 0 Å². The minimum Gasteiger partial charge on any atom is -0.468 e. The van der Waals surface area contributed by atoms with Crippen LogP contribution in [0.25, 0.3) is 0 Å². The van der Waals surface area contributed by atoms with Gasteiger partial charge in [0.1, 0.15) is 6.04 Å². The Balaban J connectivity index is 2.81. The summed E-state index contributed by atoms with van der Waals surface area (Å²) in [6.07, 6.45) is 2.05. The zero-order valence-corrected chi connectivity index (χ0v) is 12.4. The molecule has 0 aromatic heterocycles. The van der Waals surface area contributed by atoms with Gasteiger partial charge in [-0.2, -0.15) is 0 Å². The SMILES string of the molecule is CCCNC(C(=O)OC)c1ccc(CC(C)C)cc1. The van der Waals surface area contributed by atoms with Crippen molar-refractivity contribution < 1.29 is 9.53 Å². The van der Waals surface area contributed by atoms with E-state index in [0.717, 1.165) is 24.9 Å². The fourth-order valence-corrected chi connectivity index (χ4v) is 2.06. The summed E-state index contributed by atoms with van der Waals surface area (Å²) in [6, 6.07) is 7.86. The normalized spacial score (nSPS) is 12.5. The molecule has 0 heterocycles. The van der Waals surface area contributed by atoms with E-state index in [1.807, 2.05) is 12.1 Å². The first-order valence-electron chi connectivity index (χ1n) is 6.98. The molecule has 1 aromatic rings. The standard InChI is InChI=1S/C16H25NO2/c1-5-10-17-15(16(18)19-4)14-8-6-13(7-9-14)11-12(2)3/h6-9,12,15,17H,5,10-11H2,1-4H3. The van der Waals surface area contributed by atoms with E-state index < -0.39 is 0 Å². The Bertz CT molecular complexity index is 384. The molecule has 0 radical (unpaired) electrons. The highest BCUT2D eigenvalue weighted by Gasteiger charge is 2.20. The van der Waals surface area contributed by atoms with Crippen molar-refractivity contribution >= 4 is 5.97 Å². The minimum atomic E-state index is -0.363. The van der Waals surface area contributed by atoms with Crippen LogP contribution in [0, 0.1) is 5.92 Å². The predicted molar refractivity (Wildman–Crippen MR) is 78.0 cm³/mol. The Morgan fingerprint density at radius 1 is 1.26 bits per heavy atom. The number of methoxy groups -OCH3 is 1. The molecule has 1 rings (SSSR count). The molecular weight excluding hydrogens is 238 g/mol. The van der Waals surface area contributed by atoms with Crippen LogP contribution in [-0.4, -0.2) is 19.6 Å². The van der Waals surface area contributed by atoms with E-state index >= 15 is 0 Å². The lowest BCUT2D eigenvalue weighted by molar-refractivity contribution is -0.143. The van der Waals surface area contributed by atoms with Crippen LogP contribution in [0.15, 0.2) is 24.3 Å². The van der Waals surface area contributed by atoms with Crippen LogP contribution in [0.4, 0.5) is 0 Å². The first-order valence-corrected chi connectivity index (χ1v) is 6.98. The quantitative estimate of drug-likeness (QED) is 0.768. The highest BCUT2D eigenvalue weighted by Crippen LogP contribution is 2.17. The molecule has 0 aliphatic rings. The van der Waals surface area contributed by atoms with Gasteiger partial charge in [0.2, 0.25) is 0 Å². The van der Waals surface area contributed by atoms with Gasteiger partial charge < -0.3 is 10.1 Å². The van der Waals surface area contributed by atoms with E-state index in [-0.39, 0.29) is 12.0 Å². The van der Waals surface area contributed by atoms with Crippen LogP contribution in [0.2, 0.25) is 0 Å². The number of rotatable bonds is 7. The molecule has 3 heteroatoms. The first-order chi connectivity index (χ1) is 9.08. The third-order valence-electron chi connectivity index (χ3n) is 2.99. The van der Waals surface area contributed by atoms with Crippen LogP contribution in [0.1, 0.15) is 44.4 Å². The summed E-state index contributed by atoms with van der Waals surface area (Å²) in [5, 5.41) is 3.22. The number of carbonyl (C=O) groups excluding carboxylic acids is 1. The predicted octanol–water partition coefficient (Wildman–Crippen LogP) is 3.10. The lowest BCUT2D eigenvalue weighted by Gasteiger charge is -2.17. The molecule has 1 aromatic carbocycles. The van der Waals surface area contributed by atoms with Crippen LogP contribution in [0.5, 0.6) is 0 Å². The summed E-state index contributed by atoms with van der Waals surface area (Å²) in [5.41, 5.74) is 2.27. The summed E-state index contributed by atoms with van der Waals surface area (Å²) in [6.45, 7) is 7.28. The third kappa shape index (κ3) is 5.03. The molecule has 1 N–H and O–H groups in total. The van der Waals surface area contributed by atoms with Crippen LogP contribution in [-0.2, 0) is 16.0 Å². The van der Waals surface area contributed by atoms with Gasteiger partial charge in [0.15, 0.2) is 0 Å². The van der Waals surface area contributed by atoms with E-state index in [2.05, 4.69) is 38.2 Å². The molecule has 106 valence electrons. The average Bonchev–Trinajstić information content (AvgIpc) is 2.40. The molecule has 0 amide bonds. The van der Waals surface area contributed by atoms with E-state index in [0.29, 0.717) is 5.92 Å². The number of hydrogen-bond acceptors (Lipinski definition) is 3. The van der Waals surface area contributed by atoms with Gasteiger partial charge in [-0.25, -0.2) is 4.79 Å². The summed E-state index contributed by atoms with van der Waals surface area (Å²) < 4.78 is 4.86. The topological polar surface area (TPSA) is 38.3 Å². The molecule has 0 aliphatic carbocycles. The summed E-state index contributed by atoms with van der Waals surface area (Å²) in [4.78, 5) is 11.8. The molecule has 1 atom stereocenters. The Labute approximate surface area is 116 Å². The molecule has 0 saturated carbocycles. The van der Waals surface area contributed by atoms with Crippen molar-refractivity contribution in [1.82, 2.24) is 5.32 Å². The summed E-state index contributed by atoms with van der Waals surface area (Å²) in [7, 11) is 1.43. The van der Waals surface area contributed by atoms with Crippen molar-refractivity contribution in [3.8, 4) is 0 Å². The number of ether oxygens (including phenoxy) is 1. The first kappa shape index (κ1) is 15.7. The highest BCUT2D eigenvalue weighted by atomic mass is 16.5. The van der Waals surface area contributed by atoms with Gasteiger partial charge in [0.25, 0.3) is 0 Å². The van der Waals surface area contributed by atoms with E-state index in [9.17, 15) is 4.79 Å². The maximum absolute atomic E-state index is 11.8. The fourth-order valence-electron chi connectivity index (χ4n) is 2.06. The summed E-state index contributed by atoms with van der Waals surface area (Å²) in [5.74, 6) is 0.408. The van der Waals surface area contributed by atoms with Gasteiger partial charge in [-0.15, -0.1) is 0 Å². The largest absolute Gasteiger partial charge is 0.468 e. The number of esters is 1. The van der Waals surface area contributed by atoms with Crippen LogP contribution < -0.4 is 5.32 Å². The molecule has 1 unspecified atom stereocenters. The van der Waals surface area contributed by atoms with Gasteiger partial charge in [0, 0.05) is 0 Å². The number of benzene rings is 1. The minimum absolute atomic E-state index is 0.231. The van der Waals surface area contributed by atoms with Crippen molar-refractivity contribution in [3.05, 3.63) is 35.4 Å². The Morgan fingerprint density at radius 3 is 2.37 bits per heavy atom. The Kier molecular flexibility index (Phi) is 6.57. The molecule has 0 bridgehead atoms. The van der Waals surface area contributed by atoms with Gasteiger partial charge in [-0.1, -0.05) is 45.0 Å². The second kappa shape index (κ2) is 7.95. The molecule has 0 aliphatic heterocycles. The second-order valence-corrected chi connectivity index (χ2v) is 5.25. The van der Waals surface area contributed by atoms with Crippen molar-refractivity contribution in [3.63, 3.8) is 0 Å². The lowest BCUT2D eigenvalue weighted by Crippen LogP contribution is -2.30. The average molecular weight is 263 g/mol. The molecular formula is C16H25NO2. The fraction of sp³-hybridized carbons (Fsp3) is 0.562. The van der Waals surface area contributed by atoms with Gasteiger partial charge >= 0.3 is 5.97 Å². The number of hydrogen-bond donors (Lipinski definition) is 1. The molecule has 0 saturated heterocycles. The van der Waals surface area contributed by atoms with Crippen molar-refractivity contribution in [2.24, 2.45) is 5.92 Å². The zero-order valence-electron chi connectivity index (χ0n) is 12.4. The maximum Gasteiger partial charge on any atom is 0.327 e. The number of carbonyl (C=O) groups is 1. The monoisotopic (exact) mass is 263 g/mol. The van der Waals surface area contributed by atoms with Crippen molar-refractivity contribution in [1.29, 1.82) is 0 Å². The van der Waals surface area contributed by atoms with Gasteiger partial charge in [-0.05, 0) is 36.4 Å². The Morgan fingerprint density at radius 2 is 1.89 bits per heavy atom. The van der Waals surface area contributed by atoms with Gasteiger partial charge in [0.05, 0.1) is 7.11 Å². The molecule has 3 nitrogen and oxygen atoms in total. The third-order valence-corrected chi connectivity index (χ3v) is 2.99. The number of nitrogens with one attached hydrogen (secondary N) is 1. The van der Waals surface area contributed by atoms with E-state index in [1.54, 1.807) is 0 Å². The smallest absolute Gasteiger partial charge is 0.327 e. The van der Waals surface area contributed by atoms with Crippen molar-refractivity contribution in [2.45, 2.75) is 39.7 Å². The highest BCUT2D eigenvalue weighted by molar-refractivity contribution is 5.77. The van der Waals surface area contributed by atoms with E-state index in [1.165, 1.54) is 12.7 Å².